The lowest BCUT2D eigenvalue weighted by Crippen LogP contribution is -2.55. The number of carbonyl (C=O) groups is 2. The number of fused-ring (bicyclic) bond motifs is 2. The molecule has 11 heteroatoms. The Morgan fingerprint density at radius 2 is 2.05 bits per heavy atom. The second-order valence-electron chi connectivity index (χ2n) is 12.5. The highest BCUT2D eigenvalue weighted by atomic mass is 16.5. The average Bonchev–Trinajstić information content (AvgIpc) is 3.45. The van der Waals surface area contributed by atoms with Crippen LogP contribution in [0.2, 0.25) is 0 Å². The first-order valence-corrected chi connectivity index (χ1v) is 15.5. The molecule has 1 spiro atoms. The molecule has 2 aromatic rings. The van der Waals surface area contributed by atoms with Gasteiger partial charge >= 0.3 is 6.01 Å². The fraction of sp³-hybridized carbons (Fsp3) is 0.545. The van der Waals surface area contributed by atoms with Gasteiger partial charge < -0.3 is 29.1 Å². The van der Waals surface area contributed by atoms with Gasteiger partial charge in [0.2, 0.25) is 5.91 Å². The summed E-state index contributed by atoms with van der Waals surface area (Å²) in [6.07, 6.45) is 5.51. The predicted molar refractivity (Wildman–Crippen MR) is 166 cm³/mol. The fourth-order valence-corrected chi connectivity index (χ4v) is 7.55. The Kier molecular flexibility index (Phi) is 8.20. The van der Waals surface area contributed by atoms with Gasteiger partial charge in [0.25, 0.3) is 0 Å². The quantitative estimate of drug-likeness (QED) is 0.440. The lowest BCUT2D eigenvalue weighted by Gasteiger charge is -2.45. The number of piperazine rings is 1. The summed E-state index contributed by atoms with van der Waals surface area (Å²) in [5.41, 5.74) is 2.70. The van der Waals surface area contributed by atoms with Crippen molar-refractivity contribution in [1.82, 2.24) is 19.8 Å². The number of aromatic nitrogens is 2. The fourth-order valence-electron chi connectivity index (χ4n) is 7.55. The van der Waals surface area contributed by atoms with Crippen LogP contribution in [-0.4, -0.2) is 104 Å². The molecule has 3 atom stereocenters. The van der Waals surface area contributed by atoms with Crippen molar-refractivity contribution in [2.45, 2.75) is 50.6 Å². The number of ketones is 1. The molecule has 2 saturated heterocycles. The van der Waals surface area contributed by atoms with Crippen molar-refractivity contribution in [2.75, 3.05) is 70.3 Å². The minimum Gasteiger partial charge on any atom is -0.496 e. The van der Waals surface area contributed by atoms with Crippen molar-refractivity contribution in [1.29, 1.82) is 5.26 Å². The van der Waals surface area contributed by atoms with Crippen LogP contribution in [-0.2, 0) is 17.6 Å². The average molecular weight is 600 g/mol. The number of Topliss-reactive ketones (excluding diaryl/α,β-unsaturated/α-hetero) is 1. The lowest BCUT2D eigenvalue weighted by molar-refractivity contribution is -0.128. The van der Waals surface area contributed by atoms with Gasteiger partial charge in [0, 0.05) is 56.1 Å². The summed E-state index contributed by atoms with van der Waals surface area (Å²) >= 11 is 0. The van der Waals surface area contributed by atoms with Crippen LogP contribution in [0.15, 0.2) is 30.9 Å². The van der Waals surface area contributed by atoms with Crippen LogP contribution in [0.1, 0.15) is 47.3 Å². The third-order valence-electron chi connectivity index (χ3n) is 9.95. The number of likely N-dealkylation sites (tertiary alicyclic amines) is 1. The van der Waals surface area contributed by atoms with Crippen LogP contribution >= 0.6 is 0 Å². The topological polar surface area (TPSA) is 115 Å². The number of nitrogens with zero attached hydrogens (tertiary/aromatic N) is 7. The molecule has 1 aromatic carbocycles. The molecule has 1 aliphatic carbocycles. The third kappa shape index (κ3) is 5.25. The van der Waals surface area contributed by atoms with Gasteiger partial charge in [0.1, 0.15) is 23.9 Å². The predicted octanol–water partition coefficient (Wildman–Crippen LogP) is 2.88. The molecule has 0 radical (unpaired) electrons. The van der Waals surface area contributed by atoms with Crippen LogP contribution in [0.5, 0.6) is 11.8 Å². The van der Waals surface area contributed by atoms with Crippen LogP contribution < -0.4 is 19.3 Å². The number of hydrogen-bond donors (Lipinski definition) is 0. The monoisotopic (exact) mass is 599 g/mol. The minimum absolute atomic E-state index is 0.00249. The van der Waals surface area contributed by atoms with Crippen molar-refractivity contribution in [2.24, 2.45) is 5.41 Å². The molecule has 1 amide bonds. The zero-order valence-electron chi connectivity index (χ0n) is 25.9. The molecule has 2 unspecified atom stereocenters. The molecule has 2 fully saturated rings. The number of benzene rings is 1. The zero-order chi connectivity index (χ0) is 31.0. The number of methoxy groups -OCH3 is 1. The van der Waals surface area contributed by atoms with E-state index in [1.807, 2.05) is 19.2 Å². The number of hydrogen-bond acceptors (Lipinski definition) is 10. The summed E-state index contributed by atoms with van der Waals surface area (Å²) in [5.74, 6) is 1.27. The van der Waals surface area contributed by atoms with Crippen LogP contribution in [0, 0.1) is 16.7 Å². The normalized spacial score (nSPS) is 25.0. The third-order valence-corrected chi connectivity index (χ3v) is 9.95. The van der Waals surface area contributed by atoms with Crippen LogP contribution in [0.25, 0.3) is 0 Å². The molecule has 1 aromatic heterocycles. The molecular formula is C33H41N7O4. The van der Waals surface area contributed by atoms with Crippen molar-refractivity contribution < 1.29 is 19.1 Å². The molecule has 232 valence electrons. The number of rotatable bonds is 7. The Labute approximate surface area is 259 Å². The van der Waals surface area contributed by atoms with Gasteiger partial charge in [-0.1, -0.05) is 12.6 Å². The summed E-state index contributed by atoms with van der Waals surface area (Å²) in [6.45, 7) is 7.06. The second-order valence-corrected chi connectivity index (χ2v) is 12.5. The standard InChI is InChI=1S/C33H41N7O4/c1-5-28(41)40-17-16-39(19-22(40)12-14-34)31-24-11-13-33(18-25-26(38(3)21-33)9-6-10-27(25)43-4)30(42)29(24)35-32(36-31)44-20-23-8-7-15-37(23)2/h5-6,9-10,22-23H,1,7-8,11-13,15-21H2,2-4H3/t22?,23?,33-/m0/s1. The summed E-state index contributed by atoms with van der Waals surface area (Å²) in [7, 11) is 5.79. The van der Waals surface area contributed by atoms with Gasteiger partial charge in [-0.3, -0.25) is 9.59 Å². The first kappa shape index (κ1) is 29.9. The van der Waals surface area contributed by atoms with Gasteiger partial charge in [-0.25, -0.2) is 0 Å². The van der Waals surface area contributed by atoms with E-state index in [0.29, 0.717) is 63.6 Å². The molecule has 0 saturated carbocycles. The molecule has 44 heavy (non-hydrogen) atoms. The van der Waals surface area contributed by atoms with Crippen LogP contribution in [0.4, 0.5) is 11.5 Å². The number of amides is 1. The maximum absolute atomic E-state index is 14.6. The molecule has 11 nitrogen and oxygen atoms in total. The van der Waals surface area contributed by atoms with Crippen molar-refractivity contribution in [3.63, 3.8) is 0 Å². The summed E-state index contributed by atoms with van der Waals surface area (Å²) < 4.78 is 12.0. The molecule has 3 aliphatic heterocycles. The summed E-state index contributed by atoms with van der Waals surface area (Å²) in [6, 6.07) is 8.39. The first-order valence-electron chi connectivity index (χ1n) is 15.5. The van der Waals surface area contributed by atoms with Crippen LogP contribution in [0.3, 0.4) is 0 Å². The van der Waals surface area contributed by atoms with E-state index in [9.17, 15) is 14.9 Å². The molecule has 4 heterocycles. The number of anilines is 2. The van der Waals surface area contributed by atoms with E-state index in [0.717, 1.165) is 42.0 Å². The van der Waals surface area contributed by atoms with E-state index in [-0.39, 0.29) is 36.2 Å². The Morgan fingerprint density at radius 3 is 2.77 bits per heavy atom. The zero-order valence-corrected chi connectivity index (χ0v) is 25.9. The number of likely N-dealkylation sites (N-methyl/N-ethyl adjacent to an activating group) is 1. The largest absolute Gasteiger partial charge is 0.496 e. The highest BCUT2D eigenvalue weighted by Crippen LogP contribution is 2.48. The summed E-state index contributed by atoms with van der Waals surface area (Å²) in [5, 5.41) is 9.54. The first-order chi connectivity index (χ1) is 21.3. The summed E-state index contributed by atoms with van der Waals surface area (Å²) in [4.78, 5) is 45.2. The Bertz CT molecular complexity index is 1510. The van der Waals surface area contributed by atoms with Gasteiger partial charge in [-0.05, 0) is 63.9 Å². The van der Waals surface area contributed by atoms with Gasteiger partial charge in [-0.2, -0.15) is 15.2 Å². The number of carbonyl (C=O) groups excluding carboxylic acids is 2. The molecule has 6 rings (SSSR count). The molecule has 4 aliphatic rings. The molecular weight excluding hydrogens is 558 g/mol. The van der Waals surface area contributed by atoms with Crippen molar-refractivity contribution in [3.8, 4) is 17.8 Å². The smallest absolute Gasteiger partial charge is 0.319 e. The Hall–Kier alpha value is -4.17. The maximum Gasteiger partial charge on any atom is 0.319 e. The van der Waals surface area contributed by atoms with Crippen molar-refractivity contribution in [3.05, 3.63) is 47.7 Å². The van der Waals surface area contributed by atoms with Crippen molar-refractivity contribution >= 4 is 23.2 Å². The Morgan fingerprint density at radius 1 is 1.20 bits per heavy atom. The van der Waals surface area contributed by atoms with E-state index in [1.54, 1.807) is 12.0 Å². The van der Waals surface area contributed by atoms with E-state index in [1.165, 1.54) is 6.08 Å². The van der Waals surface area contributed by atoms with Gasteiger partial charge in [0.15, 0.2) is 5.78 Å². The SMILES string of the molecule is C=CC(=O)N1CCN(c2nc(OCC3CCCN3C)nc3c2CC[C@@]2(Cc4c(OC)cccc4N(C)C2)C3=O)CC1CC#N. The number of nitriles is 1. The van der Waals surface area contributed by atoms with E-state index < -0.39 is 5.41 Å². The highest BCUT2D eigenvalue weighted by molar-refractivity contribution is 6.03. The van der Waals surface area contributed by atoms with Gasteiger partial charge in [-0.15, -0.1) is 0 Å². The van der Waals surface area contributed by atoms with E-state index in [2.05, 4.69) is 40.5 Å². The minimum atomic E-state index is -0.656. The second kappa shape index (κ2) is 12.1. The maximum atomic E-state index is 14.6. The lowest BCUT2D eigenvalue weighted by atomic mass is 9.66. The van der Waals surface area contributed by atoms with E-state index >= 15 is 0 Å². The number of ether oxygens (including phenoxy) is 2. The van der Waals surface area contributed by atoms with Gasteiger partial charge in [0.05, 0.1) is 31.1 Å². The molecule has 0 N–H and O–H groups in total. The molecule has 0 bridgehead atoms. The Balaban J connectivity index is 1.37. The highest BCUT2D eigenvalue weighted by Gasteiger charge is 2.49. The van der Waals surface area contributed by atoms with E-state index in [4.69, 9.17) is 19.4 Å².